The fourth-order valence-corrected chi connectivity index (χ4v) is 4.28. The predicted molar refractivity (Wildman–Crippen MR) is 85.7 cm³/mol. The Morgan fingerprint density at radius 2 is 1.87 bits per heavy atom. The standard InChI is InChI=1S/C10H16FN2O7P3/c1-17-21-19-23(16,20-22-18-2)6-4-3-5-13-7-8(11)9(14)12-10(13)15/h3-4,7,21-22H,5-6H2,1-2H3,(H,12,14,15)/b4-3+. The van der Waals surface area contributed by atoms with Crippen LogP contribution in [0.3, 0.4) is 0 Å². The molecule has 2 unspecified atom stereocenters. The van der Waals surface area contributed by atoms with Crippen molar-refractivity contribution in [1.29, 1.82) is 0 Å². The quantitative estimate of drug-likeness (QED) is 0.481. The number of rotatable bonds is 10. The van der Waals surface area contributed by atoms with E-state index in [4.69, 9.17) is 17.7 Å². The van der Waals surface area contributed by atoms with Crippen LogP contribution in [0.2, 0.25) is 0 Å². The second-order valence-electron chi connectivity index (χ2n) is 3.91. The van der Waals surface area contributed by atoms with Gasteiger partial charge in [0.25, 0.3) is 5.56 Å². The molecule has 1 aromatic heterocycles. The number of nitrogens with zero attached hydrogens (tertiary/aromatic N) is 1. The number of aromatic nitrogens is 2. The number of halogens is 1. The summed E-state index contributed by atoms with van der Waals surface area (Å²) in [5.74, 6) is -1.07. The molecular weight excluding hydrogens is 372 g/mol. The Balaban J connectivity index is 2.68. The van der Waals surface area contributed by atoms with E-state index in [0.717, 1.165) is 10.8 Å². The Labute approximate surface area is 134 Å². The number of hydrogen-bond donors (Lipinski definition) is 1. The third-order valence-corrected chi connectivity index (χ3v) is 6.10. The number of allylic oxidation sites excluding steroid dienone is 2. The lowest BCUT2D eigenvalue weighted by atomic mass is 10.5. The van der Waals surface area contributed by atoms with E-state index in [-0.39, 0.29) is 12.7 Å². The summed E-state index contributed by atoms with van der Waals surface area (Å²) in [5, 5.41) is 0. The van der Waals surface area contributed by atoms with Crippen LogP contribution >= 0.6 is 25.7 Å². The molecule has 9 nitrogen and oxygen atoms in total. The van der Waals surface area contributed by atoms with Gasteiger partial charge in [-0.15, -0.1) is 0 Å². The van der Waals surface area contributed by atoms with Gasteiger partial charge in [0, 0.05) is 20.8 Å². The van der Waals surface area contributed by atoms with E-state index in [2.05, 4.69) is 0 Å². The summed E-state index contributed by atoms with van der Waals surface area (Å²) in [6.45, 7) is -0.0222. The van der Waals surface area contributed by atoms with Gasteiger partial charge in [-0.1, -0.05) is 12.2 Å². The lowest BCUT2D eigenvalue weighted by Crippen LogP contribution is -2.31. The first-order valence-corrected chi connectivity index (χ1v) is 9.44. The second kappa shape index (κ2) is 10.2. The van der Waals surface area contributed by atoms with Gasteiger partial charge in [0.1, 0.15) is 0 Å². The number of aromatic amines is 1. The highest BCUT2D eigenvalue weighted by Gasteiger charge is 2.23. The van der Waals surface area contributed by atoms with Crippen LogP contribution in [-0.2, 0) is 28.8 Å². The average Bonchev–Trinajstić information content (AvgIpc) is 2.52. The van der Waals surface area contributed by atoms with Gasteiger partial charge < -0.3 is 9.05 Å². The van der Waals surface area contributed by atoms with Gasteiger partial charge in [-0.2, -0.15) is 4.39 Å². The fraction of sp³-hybridized carbons (Fsp3) is 0.400. The van der Waals surface area contributed by atoms with Crippen molar-refractivity contribution in [3.05, 3.63) is 45.0 Å². The smallest absolute Gasteiger partial charge is 0.339 e. The van der Waals surface area contributed by atoms with Crippen molar-refractivity contribution >= 4 is 25.7 Å². The molecule has 130 valence electrons. The van der Waals surface area contributed by atoms with Gasteiger partial charge in [0.2, 0.25) is 5.82 Å². The zero-order valence-corrected chi connectivity index (χ0v) is 15.2. The molecule has 13 heteroatoms. The third-order valence-electron chi connectivity index (χ3n) is 2.28. The molecule has 0 aliphatic carbocycles. The zero-order chi connectivity index (χ0) is 17.3. The molecule has 0 saturated carbocycles. The SMILES string of the molecule is COPOP(=O)(C/C=C/Cn1cc(F)c(=O)[nH]c1=O)OPOC. The predicted octanol–water partition coefficient (Wildman–Crippen LogP) is 1.77. The van der Waals surface area contributed by atoms with E-state index >= 15 is 0 Å². The van der Waals surface area contributed by atoms with Gasteiger partial charge in [0.15, 0.2) is 18.1 Å². The van der Waals surface area contributed by atoms with Gasteiger partial charge >= 0.3 is 13.3 Å². The molecule has 1 heterocycles. The van der Waals surface area contributed by atoms with Gasteiger partial charge in [-0.25, -0.2) is 4.79 Å². The Morgan fingerprint density at radius 3 is 2.43 bits per heavy atom. The molecular formula is C10H16FN2O7P3. The summed E-state index contributed by atoms with van der Waals surface area (Å²) < 4.78 is 45.8. The van der Waals surface area contributed by atoms with Crippen LogP contribution in [0.5, 0.6) is 0 Å². The highest BCUT2D eigenvalue weighted by Crippen LogP contribution is 2.57. The second-order valence-corrected chi connectivity index (χ2v) is 8.11. The summed E-state index contributed by atoms with van der Waals surface area (Å²) in [4.78, 5) is 24.2. The molecule has 1 rings (SSSR count). The van der Waals surface area contributed by atoms with Crippen molar-refractivity contribution in [3.63, 3.8) is 0 Å². The monoisotopic (exact) mass is 388 g/mol. The summed E-state index contributed by atoms with van der Waals surface area (Å²) in [6.07, 6.45) is 3.62. The first-order chi connectivity index (χ1) is 10.9. The van der Waals surface area contributed by atoms with Crippen molar-refractivity contribution < 1.29 is 26.6 Å². The van der Waals surface area contributed by atoms with Gasteiger partial charge in [-0.3, -0.25) is 27.5 Å². The van der Waals surface area contributed by atoms with E-state index in [1.165, 1.54) is 26.4 Å². The highest BCUT2D eigenvalue weighted by atomic mass is 31.3. The molecule has 0 spiro atoms. The Kier molecular flexibility index (Phi) is 9.02. The van der Waals surface area contributed by atoms with Crippen LogP contribution in [-0.4, -0.2) is 29.9 Å². The van der Waals surface area contributed by atoms with E-state index in [1.807, 2.05) is 4.98 Å². The van der Waals surface area contributed by atoms with Crippen molar-refractivity contribution in [2.24, 2.45) is 0 Å². The Morgan fingerprint density at radius 1 is 1.26 bits per heavy atom. The summed E-state index contributed by atoms with van der Waals surface area (Å²) >= 11 is 0. The molecule has 0 aromatic carbocycles. The molecule has 23 heavy (non-hydrogen) atoms. The summed E-state index contributed by atoms with van der Waals surface area (Å²) in [6, 6.07) is 0. The van der Waals surface area contributed by atoms with Gasteiger partial charge in [-0.05, 0) is 0 Å². The van der Waals surface area contributed by atoms with Crippen molar-refractivity contribution in [3.8, 4) is 0 Å². The highest BCUT2D eigenvalue weighted by molar-refractivity contribution is 7.63. The Hall–Kier alpha value is -0.720. The lowest BCUT2D eigenvalue weighted by Gasteiger charge is -2.14. The minimum Gasteiger partial charge on any atom is -0.339 e. The van der Waals surface area contributed by atoms with Crippen LogP contribution < -0.4 is 11.2 Å². The lowest BCUT2D eigenvalue weighted by molar-refractivity contribution is 0.355. The topological polar surface area (TPSA) is 109 Å². The van der Waals surface area contributed by atoms with E-state index in [1.54, 1.807) is 0 Å². The molecule has 0 radical (unpaired) electrons. The molecule has 1 aromatic rings. The van der Waals surface area contributed by atoms with Crippen molar-refractivity contribution in [2.45, 2.75) is 6.54 Å². The van der Waals surface area contributed by atoms with E-state index in [0.29, 0.717) is 0 Å². The first kappa shape index (κ1) is 20.3. The molecule has 2 atom stereocenters. The number of nitrogens with one attached hydrogen (secondary N) is 1. The molecule has 0 bridgehead atoms. The summed E-state index contributed by atoms with van der Waals surface area (Å²) in [5.41, 5.74) is -1.83. The van der Waals surface area contributed by atoms with Crippen molar-refractivity contribution in [1.82, 2.24) is 9.55 Å². The summed E-state index contributed by atoms with van der Waals surface area (Å²) in [7, 11) is -1.59. The van der Waals surface area contributed by atoms with Crippen LogP contribution in [0, 0.1) is 5.82 Å². The average molecular weight is 388 g/mol. The number of H-pyrrole nitrogens is 1. The maximum absolute atomic E-state index is 13.1. The fourth-order valence-electron chi connectivity index (χ4n) is 1.29. The van der Waals surface area contributed by atoms with Crippen LogP contribution in [0.25, 0.3) is 0 Å². The normalized spacial score (nSPS) is 15.3. The first-order valence-electron chi connectivity index (χ1n) is 6.08. The van der Waals surface area contributed by atoms with Crippen LogP contribution in [0.15, 0.2) is 27.9 Å². The number of hydrogen-bond acceptors (Lipinski definition) is 7. The maximum Gasteiger partial charge on any atom is 0.344 e. The molecule has 1 N–H and O–H groups in total. The molecule has 0 fully saturated rings. The maximum atomic E-state index is 13.1. The van der Waals surface area contributed by atoms with Crippen LogP contribution in [0.4, 0.5) is 4.39 Å². The largest absolute Gasteiger partial charge is 0.344 e. The molecule has 0 aliphatic rings. The zero-order valence-electron chi connectivity index (χ0n) is 12.3. The molecule has 0 amide bonds. The molecule has 0 saturated heterocycles. The van der Waals surface area contributed by atoms with Crippen LogP contribution in [0.1, 0.15) is 0 Å². The molecule has 0 aliphatic heterocycles. The van der Waals surface area contributed by atoms with Crippen molar-refractivity contribution in [2.75, 3.05) is 20.4 Å². The van der Waals surface area contributed by atoms with Gasteiger partial charge in [0.05, 0.1) is 12.4 Å². The third kappa shape index (κ3) is 7.14. The Bertz CT molecular complexity index is 678. The van der Waals surface area contributed by atoms with E-state index in [9.17, 15) is 18.5 Å². The minimum atomic E-state index is -3.43. The minimum absolute atomic E-state index is 0.0222. The van der Waals surface area contributed by atoms with E-state index < -0.39 is 42.7 Å².